The predicted molar refractivity (Wildman–Crippen MR) is 84.8 cm³/mol. The van der Waals surface area contributed by atoms with Gasteiger partial charge >= 0.3 is 5.97 Å². The zero-order valence-electron chi connectivity index (χ0n) is 13.5. The molecule has 1 aromatic carbocycles. The Labute approximate surface area is 135 Å². The zero-order valence-corrected chi connectivity index (χ0v) is 13.5. The van der Waals surface area contributed by atoms with E-state index in [-0.39, 0.29) is 17.9 Å². The van der Waals surface area contributed by atoms with Crippen molar-refractivity contribution in [3.63, 3.8) is 0 Å². The lowest BCUT2D eigenvalue weighted by molar-refractivity contribution is -0.141. The number of hydrogen-bond donors (Lipinski definition) is 2. The molecule has 0 spiro atoms. The Morgan fingerprint density at radius 2 is 2.04 bits per heavy atom. The smallest absolute Gasteiger partial charge is 0.306 e. The van der Waals surface area contributed by atoms with Crippen LogP contribution in [0.5, 0.6) is 11.5 Å². The number of aryl methyl sites for hydroxylation is 1. The number of rotatable bonds is 7. The van der Waals surface area contributed by atoms with Crippen molar-refractivity contribution in [2.24, 2.45) is 5.92 Å². The highest BCUT2D eigenvalue weighted by molar-refractivity contribution is 5.77. The minimum absolute atomic E-state index is 0.0317. The van der Waals surface area contributed by atoms with Crippen LogP contribution in [0.4, 0.5) is 0 Å². The first kappa shape index (κ1) is 17.1. The number of amides is 1. The maximum atomic E-state index is 12.1. The van der Waals surface area contributed by atoms with Crippen molar-refractivity contribution in [1.82, 2.24) is 5.32 Å². The molecule has 1 aromatic rings. The van der Waals surface area contributed by atoms with Gasteiger partial charge in [0, 0.05) is 12.5 Å². The van der Waals surface area contributed by atoms with Crippen molar-refractivity contribution in [3.05, 3.63) is 23.8 Å². The molecule has 1 aliphatic rings. The van der Waals surface area contributed by atoms with Gasteiger partial charge < -0.3 is 19.9 Å². The SMILES string of the molecule is COc1ccc(OC)c(CCC(=O)N[C@H]2CC[C@@H](C(=O)O)C2)c1. The van der Waals surface area contributed by atoms with Gasteiger partial charge in [-0.05, 0) is 49.4 Å². The van der Waals surface area contributed by atoms with Crippen molar-refractivity contribution in [2.45, 2.75) is 38.1 Å². The van der Waals surface area contributed by atoms with Crippen LogP contribution in [-0.4, -0.2) is 37.2 Å². The van der Waals surface area contributed by atoms with E-state index in [0.29, 0.717) is 25.7 Å². The molecule has 1 fully saturated rings. The molecule has 0 unspecified atom stereocenters. The maximum Gasteiger partial charge on any atom is 0.306 e. The Morgan fingerprint density at radius 1 is 1.26 bits per heavy atom. The molecule has 1 saturated carbocycles. The molecule has 0 aliphatic heterocycles. The Balaban J connectivity index is 1.86. The Bertz CT molecular complexity index is 572. The summed E-state index contributed by atoms with van der Waals surface area (Å²) in [5.41, 5.74) is 0.914. The van der Waals surface area contributed by atoms with Gasteiger partial charge in [0.2, 0.25) is 5.91 Å². The largest absolute Gasteiger partial charge is 0.497 e. The Kier molecular flexibility index (Phi) is 5.84. The van der Waals surface area contributed by atoms with Crippen LogP contribution < -0.4 is 14.8 Å². The highest BCUT2D eigenvalue weighted by atomic mass is 16.5. The summed E-state index contributed by atoms with van der Waals surface area (Å²) in [6, 6.07) is 5.46. The van der Waals surface area contributed by atoms with E-state index < -0.39 is 5.97 Å². The minimum atomic E-state index is -0.775. The van der Waals surface area contributed by atoms with Gasteiger partial charge in [-0.1, -0.05) is 0 Å². The van der Waals surface area contributed by atoms with E-state index in [1.54, 1.807) is 14.2 Å². The molecule has 0 aromatic heterocycles. The first-order valence-corrected chi connectivity index (χ1v) is 7.76. The van der Waals surface area contributed by atoms with Gasteiger partial charge in [-0.2, -0.15) is 0 Å². The van der Waals surface area contributed by atoms with Crippen LogP contribution in [0.15, 0.2) is 18.2 Å². The molecule has 2 rings (SSSR count). The summed E-state index contributed by atoms with van der Waals surface area (Å²) in [5, 5.41) is 11.9. The van der Waals surface area contributed by atoms with E-state index in [1.165, 1.54) is 0 Å². The average molecular weight is 321 g/mol. The predicted octanol–water partition coefficient (Wildman–Crippen LogP) is 2.01. The van der Waals surface area contributed by atoms with Gasteiger partial charge in [0.1, 0.15) is 11.5 Å². The van der Waals surface area contributed by atoms with Crippen LogP contribution in [0.25, 0.3) is 0 Å². The number of carbonyl (C=O) groups excluding carboxylic acids is 1. The molecule has 2 N–H and O–H groups in total. The second-order valence-electron chi connectivity index (χ2n) is 5.79. The summed E-state index contributed by atoms with van der Waals surface area (Å²) in [5.74, 6) is 0.277. The first-order valence-electron chi connectivity index (χ1n) is 7.76. The lowest BCUT2D eigenvalue weighted by Crippen LogP contribution is -2.33. The molecule has 23 heavy (non-hydrogen) atoms. The summed E-state index contributed by atoms with van der Waals surface area (Å²) in [6.45, 7) is 0. The van der Waals surface area contributed by atoms with Crippen molar-refractivity contribution in [2.75, 3.05) is 14.2 Å². The number of carboxylic acids is 1. The quantitative estimate of drug-likeness (QED) is 0.802. The van der Waals surface area contributed by atoms with Gasteiger partial charge in [0.15, 0.2) is 0 Å². The topological polar surface area (TPSA) is 84.9 Å². The molecule has 0 radical (unpaired) electrons. The third-order valence-corrected chi connectivity index (χ3v) is 4.26. The molecular formula is C17H23NO5. The summed E-state index contributed by atoms with van der Waals surface area (Å²) < 4.78 is 10.5. The Hall–Kier alpha value is -2.24. The molecule has 1 aliphatic carbocycles. The number of aliphatic carboxylic acids is 1. The molecule has 6 nitrogen and oxygen atoms in total. The van der Waals surface area contributed by atoms with Gasteiger partial charge in [-0.3, -0.25) is 9.59 Å². The number of methoxy groups -OCH3 is 2. The molecule has 0 saturated heterocycles. The number of hydrogen-bond acceptors (Lipinski definition) is 4. The highest BCUT2D eigenvalue weighted by Gasteiger charge is 2.30. The van der Waals surface area contributed by atoms with Crippen molar-refractivity contribution < 1.29 is 24.2 Å². The molecule has 0 bridgehead atoms. The molecule has 1 amide bonds. The van der Waals surface area contributed by atoms with Crippen molar-refractivity contribution in [1.29, 1.82) is 0 Å². The van der Waals surface area contributed by atoms with Gasteiger partial charge in [0.05, 0.1) is 20.1 Å². The van der Waals surface area contributed by atoms with E-state index in [9.17, 15) is 9.59 Å². The van der Waals surface area contributed by atoms with Crippen molar-refractivity contribution >= 4 is 11.9 Å². The van der Waals surface area contributed by atoms with E-state index >= 15 is 0 Å². The number of benzene rings is 1. The fraction of sp³-hybridized carbons (Fsp3) is 0.529. The van der Waals surface area contributed by atoms with E-state index in [0.717, 1.165) is 23.5 Å². The van der Waals surface area contributed by atoms with Crippen LogP contribution in [-0.2, 0) is 16.0 Å². The minimum Gasteiger partial charge on any atom is -0.497 e. The molecular weight excluding hydrogens is 298 g/mol. The zero-order chi connectivity index (χ0) is 16.8. The number of carboxylic acid groups (broad SMARTS) is 1. The fourth-order valence-corrected chi connectivity index (χ4v) is 2.96. The van der Waals surface area contributed by atoms with Crippen molar-refractivity contribution in [3.8, 4) is 11.5 Å². The third-order valence-electron chi connectivity index (χ3n) is 4.26. The molecule has 6 heteroatoms. The van der Waals surface area contributed by atoms with Crippen LogP contribution in [0.2, 0.25) is 0 Å². The van der Waals surface area contributed by atoms with Gasteiger partial charge in [-0.25, -0.2) is 0 Å². The fourth-order valence-electron chi connectivity index (χ4n) is 2.96. The Morgan fingerprint density at radius 3 is 2.65 bits per heavy atom. The van der Waals surface area contributed by atoms with Crippen LogP contribution in [0.3, 0.4) is 0 Å². The van der Waals surface area contributed by atoms with Crippen LogP contribution >= 0.6 is 0 Å². The second-order valence-corrected chi connectivity index (χ2v) is 5.79. The van der Waals surface area contributed by atoms with E-state index in [2.05, 4.69) is 5.32 Å². The monoisotopic (exact) mass is 321 g/mol. The lowest BCUT2D eigenvalue weighted by atomic mass is 10.1. The summed E-state index contributed by atoms with van der Waals surface area (Å²) in [6.07, 6.45) is 2.75. The second kappa shape index (κ2) is 7.85. The summed E-state index contributed by atoms with van der Waals surface area (Å²) in [4.78, 5) is 23.0. The molecule has 0 heterocycles. The van der Waals surface area contributed by atoms with Crippen LogP contribution in [0.1, 0.15) is 31.2 Å². The summed E-state index contributed by atoms with van der Waals surface area (Å²) in [7, 11) is 3.19. The maximum absolute atomic E-state index is 12.1. The third kappa shape index (κ3) is 4.61. The molecule has 126 valence electrons. The van der Waals surface area contributed by atoms with Gasteiger partial charge in [0.25, 0.3) is 0 Å². The average Bonchev–Trinajstić information content (AvgIpc) is 3.01. The highest BCUT2D eigenvalue weighted by Crippen LogP contribution is 2.27. The van der Waals surface area contributed by atoms with E-state index in [1.807, 2.05) is 18.2 Å². The lowest BCUT2D eigenvalue weighted by Gasteiger charge is -2.13. The number of ether oxygens (including phenoxy) is 2. The standard InChI is InChI=1S/C17H23NO5/c1-22-14-6-7-15(23-2)11(10-14)4-8-16(19)18-13-5-3-12(9-13)17(20)21/h6-7,10,12-13H,3-5,8-9H2,1-2H3,(H,18,19)(H,20,21)/t12-,13+/m1/s1. The normalized spacial score (nSPS) is 20.1. The summed E-state index contributed by atoms with van der Waals surface area (Å²) >= 11 is 0. The number of nitrogens with one attached hydrogen (secondary N) is 1. The van der Waals surface area contributed by atoms with Gasteiger partial charge in [-0.15, -0.1) is 0 Å². The van der Waals surface area contributed by atoms with Crippen LogP contribution in [0, 0.1) is 5.92 Å². The molecule has 2 atom stereocenters. The van der Waals surface area contributed by atoms with E-state index in [4.69, 9.17) is 14.6 Å². The number of carbonyl (C=O) groups is 2. The first-order chi connectivity index (χ1) is 11.0.